The van der Waals surface area contributed by atoms with Crippen molar-refractivity contribution < 1.29 is 9.59 Å². The Bertz CT molecular complexity index is 1080. The molecule has 0 unspecified atom stereocenters. The van der Waals surface area contributed by atoms with Gasteiger partial charge in [0.05, 0.1) is 5.69 Å². The van der Waals surface area contributed by atoms with Crippen LogP contribution in [0, 0.1) is 0 Å². The summed E-state index contributed by atoms with van der Waals surface area (Å²) in [6.45, 7) is 1.79. The van der Waals surface area contributed by atoms with Gasteiger partial charge in [0.1, 0.15) is 5.82 Å². The summed E-state index contributed by atoms with van der Waals surface area (Å²) in [6.07, 6.45) is 8.15. The Morgan fingerprint density at radius 2 is 1.61 bits per heavy atom. The molecule has 158 valence electrons. The van der Waals surface area contributed by atoms with Gasteiger partial charge in [-0.2, -0.15) is 0 Å². The zero-order valence-corrected chi connectivity index (χ0v) is 17.5. The third-order valence-corrected chi connectivity index (χ3v) is 6.11. The quantitative estimate of drug-likeness (QED) is 0.675. The third-order valence-electron chi connectivity index (χ3n) is 6.11. The first-order valence-electron chi connectivity index (χ1n) is 11.1. The molecule has 3 heterocycles. The van der Waals surface area contributed by atoms with E-state index < -0.39 is 0 Å². The van der Waals surface area contributed by atoms with E-state index in [0.717, 1.165) is 60.8 Å². The van der Waals surface area contributed by atoms with Crippen molar-refractivity contribution in [3.05, 3.63) is 66.1 Å². The first-order valence-corrected chi connectivity index (χ1v) is 11.1. The van der Waals surface area contributed by atoms with Crippen LogP contribution in [0.3, 0.4) is 0 Å². The fourth-order valence-electron chi connectivity index (χ4n) is 4.35. The summed E-state index contributed by atoms with van der Waals surface area (Å²) in [5.41, 5.74) is 4.20. The molecule has 5 rings (SSSR count). The summed E-state index contributed by atoms with van der Waals surface area (Å²) in [6, 6.07) is 15.1. The maximum atomic E-state index is 12.6. The Balaban J connectivity index is 1.25. The lowest BCUT2D eigenvalue weighted by Crippen LogP contribution is -2.35. The number of imidazole rings is 1. The summed E-state index contributed by atoms with van der Waals surface area (Å²) >= 11 is 0. The lowest BCUT2D eigenvalue weighted by Gasteiger charge is -2.26. The van der Waals surface area contributed by atoms with Crippen molar-refractivity contribution in [2.45, 2.75) is 45.1 Å². The van der Waals surface area contributed by atoms with Gasteiger partial charge in [0, 0.05) is 54.6 Å². The van der Waals surface area contributed by atoms with Crippen molar-refractivity contribution in [2.75, 3.05) is 16.8 Å². The van der Waals surface area contributed by atoms with Crippen LogP contribution in [0.15, 0.2) is 54.7 Å². The van der Waals surface area contributed by atoms with Crippen LogP contribution in [-0.2, 0) is 17.8 Å². The number of benzene rings is 2. The van der Waals surface area contributed by atoms with Crippen LogP contribution in [0.1, 0.15) is 48.3 Å². The number of fused-ring (bicyclic) bond motifs is 1. The predicted octanol–water partition coefficient (Wildman–Crippen LogP) is 4.66. The van der Waals surface area contributed by atoms with Crippen LogP contribution in [0.4, 0.5) is 11.4 Å². The van der Waals surface area contributed by atoms with E-state index >= 15 is 0 Å². The fourth-order valence-corrected chi connectivity index (χ4v) is 4.35. The Morgan fingerprint density at radius 3 is 2.35 bits per heavy atom. The number of aromatic nitrogens is 2. The molecule has 2 amide bonds. The minimum Gasteiger partial charge on any atom is -0.334 e. The van der Waals surface area contributed by atoms with E-state index in [4.69, 9.17) is 4.98 Å². The zero-order valence-electron chi connectivity index (χ0n) is 17.5. The van der Waals surface area contributed by atoms with E-state index in [1.807, 2.05) is 36.4 Å². The van der Waals surface area contributed by atoms with Crippen molar-refractivity contribution in [3.63, 3.8) is 0 Å². The molecule has 1 N–H and O–H groups in total. The van der Waals surface area contributed by atoms with Gasteiger partial charge in [0.2, 0.25) is 5.91 Å². The second kappa shape index (κ2) is 8.38. The van der Waals surface area contributed by atoms with Crippen LogP contribution >= 0.6 is 0 Å². The molecule has 6 heteroatoms. The molecule has 0 aliphatic carbocycles. The lowest BCUT2D eigenvalue weighted by atomic mass is 10.1. The number of amides is 2. The molecule has 1 saturated heterocycles. The van der Waals surface area contributed by atoms with Crippen molar-refractivity contribution in [3.8, 4) is 11.3 Å². The number of nitrogens with one attached hydrogen (secondary N) is 1. The van der Waals surface area contributed by atoms with E-state index in [1.54, 1.807) is 17.0 Å². The number of rotatable bonds is 4. The highest BCUT2D eigenvalue weighted by atomic mass is 16.2. The molecule has 2 aliphatic heterocycles. The van der Waals surface area contributed by atoms with Gasteiger partial charge in [0.15, 0.2) is 0 Å². The topological polar surface area (TPSA) is 67.2 Å². The maximum Gasteiger partial charge on any atom is 0.255 e. The summed E-state index contributed by atoms with van der Waals surface area (Å²) < 4.78 is 2.25. The van der Waals surface area contributed by atoms with E-state index in [9.17, 15) is 9.59 Å². The van der Waals surface area contributed by atoms with E-state index in [2.05, 4.69) is 16.1 Å². The van der Waals surface area contributed by atoms with Crippen LogP contribution in [0.25, 0.3) is 11.3 Å². The highest BCUT2D eigenvalue weighted by Gasteiger charge is 2.20. The molecule has 0 bridgehead atoms. The Hall–Kier alpha value is -3.41. The zero-order chi connectivity index (χ0) is 21.2. The molecule has 1 fully saturated rings. The molecule has 3 aromatic rings. The van der Waals surface area contributed by atoms with Crippen molar-refractivity contribution in [1.82, 2.24) is 9.55 Å². The monoisotopic (exact) mass is 414 g/mol. The van der Waals surface area contributed by atoms with Crippen LogP contribution in [0.2, 0.25) is 0 Å². The summed E-state index contributed by atoms with van der Waals surface area (Å²) in [5.74, 6) is 1.15. The molecule has 2 aromatic carbocycles. The molecule has 0 saturated carbocycles. The first-order chi connectivity index (χ1) is 15.2. The fraction of sp³-hybridized carbons (Fsp3) is 0.320. The second-order valence-electron chi connectivity index (χ2n) is 8.27. The smallest absolute Gasteiger partial charge is 0.255 e. The minimum atomic E-state index is -0.165. The molecular formula is C25H26N4O2. The number of piperidine rings is 1. The van der Waals surface area contributed by atoms with Crippen LogP contribution in [0.5, 0.6) is 0 Å². The molecule has 31 heavy (non-hydrogen) atoms. The standard InChI is InChI=1S/C25H26N4O2/c30-24-6-2-4-16-29(24)21-13-9-19(10-14-21)25(31)26-20-11-7-18(8-12-20)22-17-28-15-3-1-5-23(28)27-22/h7-14,17H,1-6,15-16H2,(H,26,31). The largest absolute Gasteiger partial charge is 0.334 e. The minimum absolute atomic E-state index is 0.155. The average Bonchev–Trinajstić information content (AvgIpc) is 3.24. The number of aryl methyl sites for hydroxylation is 2. The van der Waals surface area contributed by atoms with E-state index in [0.29, 0.717) is 12.0 Å². The number of anilines is 2. The third kappa shape index (κ3) is 4.10. The normalized spacial score (nSPS) is 16.1. The molecule has 6 nitrogen and oxygen atoms in total. The van der Waals surface area contributed by atoms with E-state index in [1.165, 1.54) is 12.8 Å². The Kier molecular flexibility index (Phi) is 5.28. The average molecular weight is 415 g/mol. The van der Waals surface area contributed by atoms with Gasteiger partial charge >= 0.3 is 0 Å². The van der Waals surface area contributed by atoms with Gasteiger partial charge in [-0.3, -0.25) is 9.59 Å². The number of hydrogen-bond donors (Lipinski definition) is 1. The first kappa shape index (κ1) is 19.5. The van der Waals surface area contributed by atoms with Gasteiger partial charge in [0.25, 0.3) is 5.91 Å². The molecule has 2 aliphatic rings. The molecule has 0 spiro atoms. The Morgan fingerprint density at radius 1 is 0.871 bits per heavy atom. The predicted molar refractivity (Wildman–Crippen MR) is 121 cm³/mol. The summed E-state index contributed by atoms with van der Waals surface area (Å²) in [5, 5.41) is 2.95. The summed E-state index contributed by atoms with van der Waals surface area (Å²) in [7, 11) is 0. The van der Waals surface area contributed by atoms with Gasteiger partial charge in [-0.05, 0) is 62.1 Å². The van der Waals surface area contributed by atoms with Crippen LogP contribution in [-0.4, -0.2) is 27.9 Å². The SMILES string of the molecule is O=C(Nc1ccc(-c2cn3c(n2)CCCC3)cc1)c1ccc(N2CCCCC2=O)cc1. The van der Waals surface area contributed by atoms with Crippen molar-refractivity contribution >= 4 is 23.2 Å². The van der Waals surface area contributed by atoms with Gasteiger partial charge < -0.3 is 14.8 Å². The highest BCUT2D eigenvalue weighted by Crippen LogP contribution is 2.25. The van der Waals surface area contributed by atoms with Crippen molar-refractivity contribution in [1.29, 1.82) is 0 Å². The van der Waals surface area contributed by atoms with Gasteiger partial charge in [-0.1, -0.05) is 12.1 Å². The van der Waals surface area contributed by atoms with Crippen molar-refractivity contribution in [2.24, 2.45) is 0 Å². The molecule has 0 radical (unpaired) electrons. The van der Waals surface area contributed by atoms with Gasteiger partial charge in [-0.25, -0.2) is 4.98 Å². The van der Waals surface area contributed by atoms with E-state index in [-0.39, 0.29) is 11.8 Å². The highest BCUT2D eigenvalue weighted by molar-refractivity contribution is 6.05. The van der Waals surface area contributed by atoms with Gasteiger partial charge in [-0.15, -0.1) is 0 Å². The summed E-state index contributed by atoms with van der Waals surface area (Å²) in [4.78, 5) is 31.3. The molecule has 0 atom stereocenters. The number of carbonyl (C=O) groups is 2. The number of carbonyl (C=O) groups excluding carboxylic acids is 2. The Labute approximate surface area is 181 Å². The van der Waals surface area contributed by atoms with Crippen LogP contribution < -0.4 is 10.2 Å². The lowest BCUT2D eigenvalue weighted by molar-refractivity contribution is -0.119. The number of hydrogen-bond acceptors (Lipinski definition) is 3. The number of nitrogens with zero attached hydrogens (tertiary/aromatic N) is 3. The molecule has 1 aromatic heterocycles. The second-order valence-corrected chi connectivity index (χ2v) is 8.27. The molecular weight excluding hydrogens is 388 g/mol. The maximum absolute atomic E-state index is 12.6.